The Labute approximate surface area is 191 Å². The summed E-state index contributed by atoms with van der Waals surface area (Å²) in [7, 11) is -4.18. The number of nitrogens with zero attached hydrogens (tertiary/aromatic N) is 1. The van der Waals surface area contributed by atoms with Gasteiger partial charge >= 0.3 is 47.5 Å². The van der Waals surface area contributed by atoms with Crippen molar-refractivity contribution in [2.75, 3.05) is 32.7 Å². The standard InChI is InChI=1S/C8H18N2O4S.C6H8O7.Na.H/c1-7(11)8(15(12,13)14)6-10-4-2-9-3-5-10;7-3(8)1-6(13,5(11)12)2-4(9)10;;/h7-9,11H,2-6H2,1H3,(H,12,13,14);13H,1-2H2,(H,7,8)(H,9,10)(H,11,12);;/q;;+1;-1. The van der Waals surface area contributed by atoms with Gasteiger partial charge in [0.05, 0.1) is 18.9 Å². The molecule has 1 aliphatic rings. The molecule has 15 heteroatoms. The van der Waals surface area contributed by atoms with Crippen molar-refractivity contribution in [2.24, 2.45) is 0 Å². The molecule has 1 aliphatic heterocycles. The number of aliphatic hydroxyl groups excluding tert-OH is 1. The number of carboxylic acid groups (broad SMARTS) is 3. The van der Waals surface area contributed by atoms with Crippen molar-refractivity contribution in [2.45, 2.75) is 36.7 Å². The van der Waals surface area contributed by atoms with Gasteiger partial charge in [-0.2, -0.15) is 8.42 Å². The van der Waals surface area contributed by atoms with E-state index in [-0.39, 0.29) is 37.5 Å². The molecule has 0 bridgehead atoms. The van der Waals surface area contributed by atoms with Crippen LogP contribution >= 0.6 is 0 Å². The van der Waals surface area contributed by atoms with Crippen LogP contribution in [-0.4, -0.2) is 111 Å². The van der Waals surface area contributed by atoms with Crippen LogP contribution in [0.5, 0.6) is 0 Å². The molecule has 0 spiro atoms. The minimum Gasteiger partial charge on any atom is -1.00 e. The fourth-order valence-electron chi connectivity index (χ4n) is 2.36. The molecule has 0 radical (unpaired) electrons. The van der Waals surface area contributed by atoms with E-state index < -0.39 is 57.8 Å². The summed E-state index contributed by atoms with van der Waals surface area (Å²) in [5.41, 5.74) is -2.74. The van der Waals surface area contributed by atoms with Crippen LogP contribution in [0.4, 0.5) is 0 Å². The molecule has 1 fully saturated rings. The molecule has 2 atom stereocenters. The number of carboxylic acids is 3. The minimum atomic E-state index is -4.18. The maximum atomic E-state index is 11.0. The predicted molar refractivity (Wildman–Crippen MR) is 94.5 cm³/mol. The quantitative estimate of drug-likeness (QED) is 0.128. The molecule has 1 rings (SSSR count). The van der Waals surface area contributed by atoms with E-state index in [1.165, 1.54) is 6.92 Å². The molecular formula is C14H27N2NaO11S. The summed E-state index contributed by atoms with van der Waals surface area (Å²) in [6.45, 7) is 4.63. The van der Waals surface area contributed by atoms with Crippen molar-refractivity contribution in [3.63, 3.8) is 0 Å². The Hall–Kier alpha value is -0.840. The molecule has 13 nitrogen and oxygen atoms in total. The fraction of sp³-hybridized carbons (Fsp3) is 0.786. The van der Waals surface area contributed by atoms with Crippen LogP contribution in [0.1, 0.15) is 21.2 Å². The molecule has 2 unspecified atom stereocenters. The molecule has 29 heavy (non-hydrogen) atoms. The largest absolute Gasteiger partial charge is 1.00 e. The van der Waals surface area contributed by atoms with Crippen LogP contribution < -0.4 is 34.9 Å². The van der Waals surface area contributed by atoms with E-state index in [4.69, 9.17) is 25.0 Å². The van der Waals surface area contributed by atoms with E-state index in [0.29, 0.717) is 0 Å². The van der Waals surface area contributed by atoms with Gasteiger partial charge in [-0.1, -0.05) is 0 Å². The summed E-state index contributed by atoms with van der Waals surface area (Å²) in [5.74, 6) is -5.02. The summed E-state index contributed by atoms with van der Waals surface area (Å²) in [5, 5.41) is 45.1. The maximum absolute atomic E-state index is 11.0. The second-order valence-electron chi connectivity index (χ2n) is 6.32. The number of aliphatic carboxylic acids is 3. The first-order valence-electron chi connectivity index (χ1n) is 8.16. The number of hydrogen-bond donors (Lipinski definition) is 7. The van der Waals surface area contributed by atoms with Crippen molar-refractivity contribution in [3.8, 4) is 0 Å². The Morgan fingerprint density at radius 2 is 1.52 bits per heavy atom. The minimum absolute atomic E-state index is 0. The van der Waals surface area contributed by atoms with Gasteiger partial charge in [-0.05, 0) is 6.92 Å². The van der Waals surface area contributed by atoms with Crippen LogP contribution in [0.25, 0.3) is 0 Å². The second kappa shape index (κ2) is 13.5. The molecule has 0 aromatic carbocycles. The SMILES string of the molecule is CC(O)C(CN1CCNCC1)S(=O)(=O)O.O=C(O)CC(O)(CC(=O)O)C(=O)O.[H-].[Na+]. The third kappa shape index (κ3) is 12.5. The van der Waals surface area contributed by atoms with Crippen LogP contribution in [0.2, 0.25) is 0 Å². The summed E-state index contributed by atoms with van der Waals surface area (Å²) >= 11 is 0. The molecule has 1 heterocycles. The van der Waals surface area contributed by atoms with Crippen LogP contribution in [-0.2, 0) is 24.5 Å². The van der Waals surface area contributed by atoms with Crippen molar-refractivity contribution in [1.29, 1.82) is 0 Å². The zero-order chi connectivity index (χ0) is 22.1. The Bertz CT molecular complexity index is 640. The van der Waals surface area contributed by atoms with Crippen molar-refractivity contribution in [1.82, 2.24) is 10.2 Å². The zero-order valence-corrected chi connectivity index (χ0v) is 19.0. The molecular weight excluding hydrogens is 427 g/mol. The molecule has 0 aromatic heterocycles. The Balaban J connectivity index is -0.000000461. The van der Waals surface area contributed by atoms with E-state index in [2.05, 4.69) is 5.32 Å². The monoisotopic (exact) mass is 454 g/mol. The van der Waals surface area contributed by atoms with E-state index in [9.17, 15) is 27.9 Å². The van der Waals surface area contributed by atoms with Gasteiger partial charge < -0.3 is 32.3 Å². The first-order valence-corrected chi connectivity index (χ1v) is 9.66. The number of piperazine rings is 1. The molecule has 1 saturated heterocycles. The van der Waals surface area contributed by atoms with Crippen LogP contribution in [0, 0.1) is 0 Å². The number of aliphatic hydroxyl groups is 2. The van der Waals surface area contributed by atoms with Crippen molar-refractivity contribution >= 4 is 28.0 Å². The van der Waals surface area contributed by atoms with Crippen LogP contribution in [0.15, 0.2) is 0 Å². The smallest absolute Gasteiger partial charge is 1.00 e. The van der Waals surface area contributed by atoms with Gasteiger partial charge in [-0.15, -0.1) is 0 Å². The van der Waals surface area contributed by atoms with Gasteiger partial charge in [0.2, 0.25) is 0 Å². The van der Waals surface area contributed by atoms with Gasteiger partial charge in [0.25, 0.3) is 10.1 Å². The second-order valence-corrected chi connectivity index (χ2v) is 7.96. The molecule has 0 aromatic rings. The van der Waals surface area contributed by atoms with E-state index in [0.717, 1.165) is 26.2 Å². The van der Waals surface area contributed by atoms with E-state index in [1.54, 1.807) is 0 Å². The van der Waals surface area contributed by atoms with Gasteiger partial charge in [0.1, 0.15) is 5.25 Å². The fourth-order valence-corrected chi connectivity index (χ4v) is 3.25. The van der Waals surface area contributed by atoms with Crippen LogP contribution in [0.3, 0.4) is 0 Å². The predicted octanol–water partition coefficient (Wildman–Crippen LogP) is -5.60. The molecule has 7 N–H and O–H groups in total. The summed E-state index contributed by atoms with van der Waals surface area (Å²) < 4.78 is 30.9. The first-order chi connectivity index (χ1) is 12.7. The van der Waals surface area contributed by atoms with E-state index >= 15 is 0 Å². The zero-order valence-electron chi connectivity index (χ0n) is 17.2. The summed E-state index contributed by atoms with van der Waals surface area (Å²) in [6.07, 6.45) is -3.35. The number of hydrogen-bond acceptors (Lipinski definition) is 9. The molecule has 0 amide bonds. The molecule has 166 valence electrons. The van der Waals surface area contributed by atoms with Crippen molar-refractivity contribution < 1.29 is 83.9 Å². The third-order valence-electron chi connectivity index (χ3n) is 3.85. The first kappa shape index (κ1) is 30.4. The number of rotatable bonds is 9. The summed E-state index contributed by atoms with van der Waals surface area (Å²) in [4.78, 5) is 32.4. The Morgan fingerprint density at radius 3 is 1.79 bits per heavy atom. The maximum Gasteiger partial charge on any atom is 1.00 e. The number of nitrogens with one attached hydrogen (secondary N) is 1. The van der Waals surface area contributed by atoms with Gasteiger partial charge in [-0.25, -0.2) is 4.79 Å². The third-order valence-corrected chi connectivity index (χ3v) is 5.16. The molecule has 0 aliphatic carbocycles. The van der Waals surface area contributed by atoms with E-state index in [1.807, 2.05) is 4.90 Å². The van der Waals surface area contributed by atoms with Gasteiger partial charge in [0, 0.05) is 32.7 Å². The van der Waals surface area contributed by atoms with Gasteiger partial charge in [0.15, 0.2) is 5.60 Å². The average Bonchev–Trinajstić information content (AvgIpc) is 2.51. The normalized spacial score (nSPS) is 17.1. The average molecular weight is 454 g/mol. The Kier molecular flexibility index (Phi) is 14.1. The molecule has 0 saturated carbocycles. The van der Waals surface area contributed by atoms with Crippen molar-refractivity contribution in [3.05, 3.63) is 0 Å². The summed E-state index contributed by atoms with van der Waals surface area (Å²) in [6, 6.07) is 0. The van der Waals surface area contributed by atoms with Gasteiger partial charge in [-0.3, -0.25) is 19.0 Å². The number of carbonyl (C=O) groups is 3. The Morgan fingerprint density at radius 1 is 1.10 bits per heavy atom. The topological polar surface area (TPSA) is 222 Å².